The zero-order valence-corrected chi connectivity index (χ0v) is 11.8. The Balaban J connectivity index is 2.05. The normalized spacial score (nSPS) is 26.9. The number of hydrogen-bond acceptors (Lipinski definition) is 2. The molecule has 3 rings (SSSR count). The maximum absolute atomic E-state index is 12.1. The molecule has 2 aliphatic heterocycles. The summed E-state index contributed by atoms with van der Waals surface area (Å²) in [7, 11) is 0. The largest absolute Gasteiger partial charge is 0.300 e. The molecule has 1 aromatic carbocycles. The Bertz CT molecular complexity index is 482. The van der Waals surface area contributed by atoms with Crippen LogP contribution < -0.4 is 0 Å². The molecule has 0 bridgehead atoms. The molecule has 0 aromatic heterocycles. The van der Waals surface area contributed by atoms with Gasteiger partial charge in [-0.25, -0.2) is 0 Å². The van der Waals surface area contributed by atoms with E-state index < -0.39 is 0 Å². The second-order valence-electron chi connectivity index (χ2n) is 5.99. The summed E-state index contributed by atoms with van der Waals surface area (Å²) >= 11 is 0. The van der Waals surface area contributed by atoms with Gasteiger partial charge in [0.1, 0.15) is 5.78 Å². The fourth-order valence-corrected chi connectivity index (χ4v) is 3.89. The SMILES string of the molecule is CCCCC12CC(=O)CCN1CCc1ccccc12. The van der Waals surface area contributed by atoms with Crippen LogP contribution in [-0.2, 0) is 16.8 Å². The van der Waals surface area contributed by atoms with Gasteiger partial charge < -0.3 is 0 Å². The number of carbonyl (C=O) groups excluding carboxylic acids is 1. The van der Waals surface area contributed by atoms with Crippen LogP contribution in [0.3, 0.4) is 0 Å². The first kappa shape index (κ1) is 12.9. The molecule has 0 spiro atoms. The summed E-state index contributed by atoms with van der Waals surface area (Å²) < 4.78 is 0. The Hall–Kier alpha value is -1.15. The lowest BCUT2D eigenvalue weighted by Gasteiger charge is -2.51. The Morgan fingerprint density at radius 2 is 2.00 bits per heavy atom. The molecule has 1 aromatic rings. The average Bonchev–Trinajstić information content (AvgIpc) is 2.45. The van der Waals surface area contributed by atoms with Crippen LogP contribution in [0.25, 0.3) is 0 Å². The number of carbonyl (C=O) groups is 1. The van der Waals surface area contributed by atoms with Crippen LogP contribution in [0.5, 0.6) is 0 Å². The van der Waals surface area contributed by atoms with Gasteiger partial charge in [-0.2, -0.15) is 0 Å². The molecule has 0 amide bonds. The molecule has 0 N–H and O–H groups in total. The van der Waals surface area contributed by atoms with Crippen LogP contribution in [0.1, 0.15) is 50.2 Å². The molecule has 2 heterocycles. The molecule has 102 valence electrons. The van der Waals surface area contributed by atoms with Gasteiger partial charge in [0, 0.05) is 25.9 Å². The van der Waals surface area contributed by atoms with Crippen LogP contribution in [0.4, 0.5) is 0 Å². The smallest absolute Gasteiger partial charge is 0.136 e. The van der Waals surface area contributed by atoms with E-state index >= 15 is 0 Å². The number of hydrogen-bond donors (Lipinski definition) is 0. The summed E-state index contributed by atoms with van der Waals surface area (Å²) in [5, 5.41) is 0. The van der Waals surface area contributed by atoms with Crippen molar-refractivity contribution in [1.29, 1.82) is 0 Å². The van der Waals surface area contributed by atoms with Crippen molar-refractivity contribution >= 4 is 5.78 Å². The lowest BCUT2D eigenvalue weighted by Crippen LogP contribution is -2.55. The van der Waals surface area contributed by atoms with Gasteiger partial charge in [-0.3, -0.25) is 9.69 Å². The monoisotopic (exact) mass is 257 g/mol. The fourth-order valence-electron chi connectivity index (χ4n) is 3.89. The summed E-state index contributed by atoms with van der Waals surface area (Å²) in [4.78, 5) is 14.7. The third-order valence-corrected chi connectivity index (χ3v) is 4.87. The summed E-state index contributed by atoms with van der Waals surface area (Å²) in [6.07, 6.45) is 6.15. The van der Waals surface area contributed by atoms with E-state index in [1.165, 1.54) is 24.0 Å². The van der Waals surface area contributed by atoms with Crippen LogP contribution in [0.2, 0.25) is 0 Å². The summed E-state index contributed by atoms with van der Waals surface area (Å²) in [5.74, 6) is 0.448. The number of benzene rings is 1. The highest BCUT2D eigenvalue weighted by Gasteiger charge is 2.45. The van der Waals surface area contributed by atoms with Crippen LogP contribution in [0.15, 0.2) is 24.3 Å². The highest BCUT2D eigenvalue weighted by Crippen LogP contribution is 2.44. The molecule has 0 saturated carbocycles. The second kappa shape index (κ2) is 5.09. The van der Waals surface area contributed by atoms with Crippen molar-refractivity contribution < 1.29 is 4.79 Å². The van der Waals surface area contributed by atoms with Gasteiger partial charge in [0.25, 0.3) is 0 Å². The number of rotatable bonds is 3. The molecule has 2 nitrogen and oxygen atoms in total. The van der Waals surface area contributed by atoms with E-state index in [1.54, 1.807) is 0 Å². The molecular formula is C17H23NO. The van der Waals surface area contributed by atoms with Crippen molar-refractivity contribution in [2.24, 2.45) is 0 Å². The molecule has 0 aliphatic carbocycles. The van der Waals surface area contributed by atoms with E-state index in [0.29, 0.717) is 5.78 Å². The minimum absolute atomic E-state index is 0.0141. The second-order valence-corrected chi connectivity index (χ2v) is 5.99. The molecule has 2 aliphatic rings. The zero-order chi connectivity index (χ0) is 13.3. The van der Waals surface area contributed by atoms with Crippen molar-refractivity contribution in [2.75, 3.05) is 13.1 Å². The van der Waals surface area contributed by atoms with Crippen molar-refractivity contribution in [3.63, 3.8) is 0 Å². The van der Waals surface area contributed by atoms with E-state index in [-0.39, 0.29) is 5.54 Å². The van der Waals surface area contributed by atoms with Gasteiger partial charge >= 0.3 is 0 Å². The minimum atomic E-state index is 0.0141. The van der Waals surface area contributed by atoms with Gasteiger partial charge in [0.2, 0.25) is 0 Å². The first-order valence-corrected chi connectivity index (χ1v) is 7.61. The number of unbranched alkanes of at least 4 members (excludes halogenated alkanes) is 1. The van der Waals surface area contributed by atoms with Gasteiger partial charge in [-0.1, -0.05) is 44.0 Å². The number of fused-ring (bicyclic) bond motifs is 3. The first-order valence-electron chi connectivity index (χ1n) is 7.61. The summed E-state index contributed by atoms with van der Waals surface area (Å²) in [6, 6.07) is 8.77. The number of ketones is 1. The average molecular weight is 257 g/mol. The maximum atomic E-state index is 12.1. The molecule has 1 fully saturated rings. The molecule has 1 atom stereocenters. The van der Waals surface area contributed by atoms with Crippen molar-refractivity contribution in [1.82, 2.24) is 4.90 Å². The van der Waals surface area contributed by atoms with E-state index in [0.717, 1.165) is 38.8 Å². The predicted octanol–water partition coefficient (Wildman–Crippen LogP) is 3.29. The molecule has 2 heteroatoms. The number of piperidine rings is 1. The highest BCUT2D eigenvalue weighted by atomic mass is 16.1. The minimum Gasteiger partial charge on any atom is -0.300 e. The van der Waals surface area contributed by atoms with Crippen molar-refractivity contribution in [2.45, 2.75) is 51.0 Å². The zero-order valence-electron chi connectivity index (χ0n) is 11.8. The van der Waals surface area contributed by atoms with Crippen LogP contribution in [0, 0.1) is 0 Å². The Kier molecular flexibility index (Phi) is 3.44. The van der Waals surface area contributed by atoms with E-state index in [2.05, 4.69) is 36.1 Å². The van der Waals surface area contributed by atoms with Gasteiger partial charge in [-0.15, -0.1) is 0 Å². The van der Waals surface area contributed by atoms with E-state index in [4.69, 9.17) is 0 Å². The van der Waals surface area contributed by atoms with Gasteiger partial charge in [0.15, 0.2) is 0 Å². The molecule has 1 unspecified atom stereocenters. The van der Waals surface area contributed by atoms with Crippen molar-refractivity contribution in [3.05, 3.63) is 35.4 Å². The Morgan fingerprint density at radius 3 is 2.84 bits per heavy atom. The Labute approximate surface area is 115 Å². The van der Waals surface area contributed by atoms with Crippen molar-refractivity contribution in [3.8, 4) is 0 Å². The molecular weight excluding hydrogens is 234 g/mol. The highest BCUT2D eigenvalue weighted by molar-refractivity contribution is 5.81. The summed E-state index contributed by atoms with van der Waals surface area (Å²) in [6.45, 7) is 4.31. The summed E-state index contributed by atoms with van der Waals surface area (Å²) in [5.41, 5.74) is 2.91. The molecule has 19 heavy (non-hydrogen) atoms. The van der Waals surface area contributed by atoms with Crippen LogP contribution >= 0.6 is 0 Å². The topological polar surface area (TPSA) is 20.3 Å². The van der Waals surface area contributed by atoms with Crippen LogP contribution in [-0.4, -0.2) is 23.8 Å². The van der Waals surface area contributed by atoms with E-state index in [1.807, 2.05) is 0 Å². The number of Topliss-reactive ketones (excluding diaryl/α,β-unsaturated/α-hetero) is 1. The third kappa shape index (κ3) is 2.12. The maximum Gasteiger partial charge on any atom is 0.136 e. The standard InChI is InChI=1S/C17H23NO/c1-2-3-10-17-13-15(19)9-12-18(17)11-8-14-6-4-5-7-16(14)17/h4-7H,2-3,8-13H2,1H3. The first-order chi connectivity index (χ1) is 9.26. The van der Waals surface area contributed by atoms with Gasteiger partial charge in [0.05, 0.1) is 5.54 Å². The quantitative estimate of drug-likeness (QED) is 0.828. The lowest BCUT2D eigenvalue weighted by atomic mass is 9.72. The number of nitrogens with zero attached hydrogens (tertiary/aromatic N) is 1. The molecule has 1 saturated heterocycles. The van der Waals surface area contributed by atoms with Gasteiger partial charge in [-0.05, 0) is 24.0 Å². The lowest BCUT2D eigenvalue weighted by molar-refractivity contribution is -0.128. The fraction of sp³-hybridized carbons (Fsp3) is 0.588. The molecule has 0 radical (unpaired) electrons. The predicted molar refractivity (Wildman–Crippen MR) is 77.2 cm³/mol. The Morgan fingerprint density at radius 1 is 1.21 bits per heavy atom. The third-order valence-electron chi connectivity index (χ3n) is 4.87. The van der Waals surface area contributed by atoms with E-state index in [9.17, 15) is 4.79 Å².